The van der Waals surface area contributed by atoms with Gasteiger partial charge in [-0.3, -0.25) is 4.68 Å². The SMILES string of the molecule is Cn1nc(Cl)c(C(O)=C(C#N)n2ccc(-c3c(F)cccc3F)n2)c1Cl. The molecule has 0 amide bonds. The molecular formula is C16H9Cl2F2N5O. The lowest BCUT2D eigenvalue weighted by Crippen LogP contribution is -2.01. The van der Waals surface area contributed by atoms with Crippen molar-refractivity contribution < 1.29 is 13.9 Å². The maximum absolute atomic E-state index is 13.9. The number of aryl methyl sites for hydroxylation is 1. The molecule has 1 N–H and O–H groups in total. The molecule has 0 unspecified atom stereocenters. The second kappa shape index (κ2) is 6.78. The van der Waals surface area contributed by atoms with Crippen LogP contribution in [0.2, 0.25) is 10.3 Å². The maximum Gasteiger partial charge on any atom is 0.184 e. The molecule has 3 aromatic rings. The van der Waals surface area contributed by atoms with E-state index < -0.39 is 17.4 Å². The Balaban J connectivity index is 2.14. The Kier molecular flexibility index (Phi) is 4.68. The lowest BCUT2D eigenvalue weighted by atomic mass is 10.1. The fraction of sp³-hybridized carbons (Fsp3) is 0.0625. The molecule has 0 atom stereocenters. The Morgan fingerprint density at radius 3 is 2.38 bits per heavy atom. The van der Waals surface area contributed by atoms with E-state index in [9.17, 15) is 19.1 Å². The van der Waals surface area contributed by atoms with Crippen molar-refractivity contribution in [3.8, 4) is 17.3 Å². The number of aromatic nitrogens is 4. The van der Waals surface area contributed by atoms with Gasteiger partial charge in [0.05, 0.1) is 16.8 Å². The summed E-state index contributed by atoms with van der Waals surface area (Å²) < 4.78 is 30.0. The Bertz CT molecular complexity index is 1060. The zero-order chi connectivity index (χ0) is 19.0. The first-order valence-electron chi connectivity index (χ1n) is 7.07. The van der Waals surface area contributed by atoms with E-state index in [1.165, 1.54) is 30.1 Å². The first-order chi connectivity index (χ1) is 12.3. The Hall–Kier alpha value is -2.89. The third-order valence-electron chi connectivity index (χ3n) is 3.54. The van der Waals surface area contributed by atoms with Gasteiger partial charge in [-0.1, -0.05) is 29.3 Å². The molecule has 0 radical (unpaired) electrons. The van der Waals surface area contributed by atoms with Crippen LogP contribution in [0.4, 0.5) is 8.78 Å². The number of nitriles is 1. The van der Waals surface area contributed by atoms with Crippen LogP contribution in [-0.4, -0.2) is 24.7 Å². The van der Waals surface area contributed by atoms with E-state index in [1.807, 2.05) is 0 Å². The topological polar surface area (TPSA) is 79.7 Å². The molecule has 0 aliphatic rings. The van der Waals surface area contributed by atoms with Crippen LogP contribution >= 0.6 is 23.2 Å². The number of aliphatic hydroxyl groups excluding tert-OH is 1. The third-order valence-corrected chi connectivity index (χ3v) is 4.24. The van der Waals surface area contributed by atoms with Gasteiger partial charge < -0.3 is 5.11 Å². The van der Waals surface area contributed by atoms with Crippen molar-refractivity contribution in [2.75, 3.05) is 0 Å². The van der Waals surface area contributed by atoms with E-state index >= 15 is 0 Å². The predicted molar refractivity (Wildman–Crippen MR) is 92.2 cm³/mol. The summed E-state index contributed by atoms with van der Waals surface area (Å²) in [6.45, 7) is 0. The number of aliphatic hydroxyl groups is 1. The molecular weight excluding hydrogens is 387 g/mol. The van der Waals surface area contributed by atoms with Crippen LogP contribution in [0.25, 0.3) is 22.7 Å². The van der Waals surface area contributed by atoms with Crippen LogP contribution in [0, 0.1) is 23.0 Å². The van der Waals surface area contributed by atoms with Gasteiger partial charge in [0.15, 0.2) is 16.6 Å². The lowest BCUT2D eigenvalue weighted by Gasteiger charge is -2.05. The normalized spacial score (nSPS) is 12.0. The molecule has 0 saturated heterocycles. The van der Waals surface area contributed by atoms with E-state index in [4.69, 9.17) is 23.2 Å². The van der Waals surface area contributed by atoms with Gasteiger partial charge in [0.2, 0.25) is 0 Å². The summed E-state index contributed by atoms with van der Waals surface area (Å²) in [7, 11) is 1.50. The summed E-state index contributed by atoms with van der Waals surface area (Å²) >= 11 is 12.0. The van der Waals surface area contributed by atoms with E-state index in [0.717, 1.165) is 16.8 Å². The maximum atomic E-state index is 13.9. The monoisotopic (exact) mass is 395 g/mol. The summed E-state index contributed by atoms with van der Waals surface area (Å²) in [5.74, 6) is -2.18. The summed E-state index contributed by atoms with van der Waals surface area (Å²) in [5.41, 5.74) is -0.795. The van der Waals surface area contributed by atoms with Gasteiger partial charge in [0, 0.05) is 13.2 Å². The first kappa shape index (κ1) is 17.9. The van der Waals surface area contributed by atoms with E-state index in [0.29, 0.717) is 0 Å². The minimum absolute atomic E-state index is 0.00720. The van der Waals surface area contributed by atoms with Crippen LogP contribution in [0.1, 0.15) is 5.56 Å². The van der Waals surface area contributed by atoms with Crippen molar-refractivity contribution in [3.63, 3.8) is 0 Å². The summed E-state index contributed by atoms with van der Waals surface area (Å²) in [4.78, 5) is 0. The molecule has 1 aromatic carbocycles. The predicted octanol–water partition coefficient (Wildman–Crippen LogP) is 4.28. The van der Waals surface area contributed by atoms with Crippen molar-refractivity contribution in [1.29, 1.82) is 5.26 Å². The number of hydrogen-bond donors (Lipinski definition) is 1. The molecule has 3 rings (SSSR count). The van der Waals surface area contributed by atoms with Gasteiger partial charge in [-0.05, 0) is 18.2 Å². The highest BCUT2D eigenvalue weighted by atomic mass is 35.5. The van der Waals surface area contributed by atoms with Crippen LogP contribution in [0.5, 0.6) is 0 Å². The highest BCUT2D eigenvalue weighted by Crippen LogP contribution is 2.32. The number of halogens is 4. The largest absolute Gasteiger partial charge is 0.504 e. The van der Waals surface area contributed by atoms with E-state index in [1.54, 1.807) is 6.07 Å². The van der Waals surface area contributed by atoms with Crippen molar-refractivity contribution in [1.82, 2.24) is 19.6 Å². The average Bonchev–Trinajstić information content (AvgIpc) is 3.13. The second-order valence-corrected chi connectivity index (χ2v) is 5.85. The van der Waals surface area contributed by atoms with Crippen molar-refractivity contribution in [2.24, 2.45) is 7.05 Å². The van der Waals surface area contributed by atoms with Gasteiger partial charge in [0.1, 0.15) is 22.9 Å². The van der Waals surface area contributed by atoms with Crippen LogP contribution in [0.3, 0.4) is 0 Å². The van der Waals surface area contributed by atoms with Crippen molar-refractivity contribution in [2.45, 2.75) is 0 Å². The van der Waals surface area contributed by atoms with Gasteiger partial charge in [-0.25, -0.2) is 13.5 Å². The zero-order valence-corrected chi connectivity index (χ0v) is 14.6. The number of hydrogen-bond acceptors (Lipinski definition) is 4. The Morgan fingerprint density at radius 2 is 1.85 bits per heavy atom. The minimum Gasteiger partial charge on any atom is -0.504 e. The molecule has 132 valence electrons. The van der Waals surface area contributed by atoms with Crippen molar-refractivity contribution in [3.05, 3.63) is 58.0 Å². The smallest absolute Gasteiger partial charge is 0.184 e. The summed E-state index contributed by atoms with van der Waals surface area (Å²) in [5, 5.41) is 27.5. The number of benzene rings is 1. The van der Waals surface area contributed by atoms with Crippen LogP contribution < -0.4 is 0 Å². The number of nitrogens with zero attached hydrogens (tertiary/aromatic N) is 5. The minimum atomic E-state index is -0.805. The number of allylic oxidation sites excluding steroid dienone is 1. The second-order valence-electron chi connectivity index (χ2n) is 5.13. The molecule has 2 heterocycles. The van der Waals surface area contributed by atoms with Crippen molar-refractivity contribution >= 4 is 34.7 Å². The fourth-order valence-electron chi connectivity index (χ4n) is 2.32. The molecule has 0 spiro atoms. The summed E-state index contributed by atoms with van der Waals surface area (Å²) in [6.07, 6.45) is 1.27. The standard InChI is InChI=1S/C16H9Cl2F2N5O/c1-24-16(18)13(15(17)23-24)14(26)11(7-21)25-6-5-10(22-25)12-8(19)3-2-4-9(12)20/h2-6,26H,1H3. The van der Waals surface area contributed by atoms with Crippen LogP contribution in [-0.2, 0) is 7.05 Å². The Morgan fingerprint density at radius 1 is 1.19 bits per heavy atom. The number of rotatable bonds is 3. The molecule has 26 heavy (non-hydrogen) atoms. The zero-order valence-electron chi connectivity index (χ0n) is 13.1. The van der Waals surface area contributed by atoms with Gasteiger partial charge in [-0.2, -0.15) is 15.5 Å². The molecule has 0 bridgehead atoms. The third kappa shape index (κ3) is 2.92. The molecule has 2 aromatic heterocycles. The highest BCUT2D eigenvalue weighted by molar-refractivity contribution is 6.36. The van der Waals surface area contributed by atoms with E-state index in [2.05, 4.69) is 10.2 Å². The average molecular weight is 396 g/mol. The van der Waals surface area contributed by atoms with E-state index in [-0.39, 0.29) is 32.8 Å². The molecule has 6 nitrogen and oxygen atoms in total. The Labute approximate surface area is 156 Å². The van der Waals surface area contributed by atoms with Gasteiger partial charge in [0.25, 0.3) is 0 Å². The summed E-state index contributed by atoms with van der Waals surface area (Å²) in [6, 6.07) is 6.47. The molecule has 0 aliphatic heterocycles. The highest BCUT2D eigenvalue weighted by Gasteiger charge is 2.22. The lowest BCUT2D eigenvalue weighted by molar-refractivity contribution is 0.510. The van der Waals surface area contributed by atoms with Crippen LogP contribution in [0.15, 0.2) is 30.5 Å². The molecule has 0 fully saturated rings. The molecule has 10 heteroatoms. The van der Waals surface area contributed by atoms with Gasteiger partial charge in [-0.15, -0.1) is 0 Å². The first-order valence-corrected chi connectivity index (χ1v) is 7.82. The van der Waals surface area contributed by atoms with Gasteiger partial charge >= 0.3 is 0 Å². The quantitative estimate of drug-likeness (QED) is 0.530. The fourth-order valence-corrected chi connectivity index (χ4v) is 2.88. The molecule has 0 aliphatic carbocycles. The molecule has 0 saturated carbocycles.